The van der Waals surface area contributed by atoms with Crippen LogP contribution in [0, 0.1) is 11.8 Å². The topological polar surface area (TPSA) is 128 Å². The molecule has 0 aliphatic heterocycles. The first-order valence-corrected chi connectivity index (χ1v) is 13.7. The summed E-state index contributed by atoms with van der Waals surface area (Å²) in [5, 5.41) is 11.3. The van der Waals surface area contributed by atoms with Crippen molar-refractivity contribution in [1.29, 1.82) is 0 Å². The number of carbonyl (C=O) groups excluding carboxylic acids is 2. The van der Waals surface area contributed by atoms with Crippen molar-refractivity contribution in [2.45, 2.75) is 37.2 Å². The second-order valence-corrected chi connectivity index (χ2v) is 10.7. The van der Waals surface area contributed by atoms with Crippen molar-refractivity contribution < 1.29 is 22.7 Å². The quantitative estimate of drug-likeness (QED) is 0.398. The van der Waals surface area contributed by atoms with Gasteiger partial charge in [-0.2, -0.15) is 0 Å². The van der Waals surface area contributed by atoms with E-state index in [4.69, 9.17) is 9.88 Å². The van der Waals surface area contributed by atoms with E-state index in [2.05, 4.69) is 10.6 Å². The Hall–Kier alpha value is -3.69. The van der Waals surface area contributed by atoms with Gasteiger partial charge in [0.2, 0.25) is 21.8 Å². The number of ether oxygens (including phenoxy) is 1. The Morgan fingerprint density at radius 2 is 1.35 bits per heavy atom. The van der Waals surface area contributed by atoms with E-state index in [0.29, 0.717) is 37.1 Å². The molecule has 1 aliphatic carbocycles. The number of nitrogens with one attached hydrogen (secondary N) is 2. The summed E-state index contributed by atoms with van der Waals surface area (Å²) in [6.07, 6.45) is 2.19. The fourth-order valence-electron chi connectivity index (χ4n) is 4.73. The molecule has 0 radical (unpaired) electrons. The highest BCUT2D eigenvalue weighted by atomic mass is 32.2. The number of methoxy groups -OCH3 is 1. The van der Waals surface area contributed by atoms with E-state index in [-0.39, 0.29) is 28.5 Å². The molecule has 4 N–H and O–H groups in total. The lowest BCUT2D eigenvalue weighted by atomic mass is 9.94. The van der Waals surface area contributed by atoms with Crippen LogP contribution in [0.25, 0.3) is 11.1 Å². The Morgan fingerprint density at radius 1 is 0.838 bits per heavy atom. The van der Waals surface area contributed by atoms with Gasteiger partial charge >= 0.3 is 0 Å². The maximum absolute atomic E-state index is 12.9. The summed E-state index contributed by atoms with van der Waals surface area (Å²) in [5.41, 5.74) is 3.06. The van der Waals surface area contributed by atoms with E-state index in [1.54, 1.807) is 37.4 Å². The number of amides is 2. The zero-order valence-electron chi connectivity index (χ0n) is 20.6. The molecule has 9 heteroatoms. The van der Waals surface area contributed by atoms with Gasteiger partial charge in [0.1, 0.15) is 5.75 Å². The van der Waals surface area contributed by atoms with Crippen LogP contribution in [-0.4, -0.2) is 27.3 Å². The van der Waals surface area contributed by atoms with Crippen LogP contribution in [0.15, 0.2) is 77.7 Å². The van der Waals surface area contributed by atoms with Gasteiger partial charge in [-0.3, -0.25) is 9.59 Å². The Kier molecular flexibility index (Phi) is 8.25. The van der Waals surface area contributed by atoms with Crippen LogP contribution < -0.4 is 20.5 Å². The molecule has 8 nitrogen and oxygen atoms in total. The minimum Gasteiger partial charge on any atom is -0.497 e. The average molecular weight is 522 g/mol. The number of hydrogen-bond acceptors (Lipinski definition) is 5. The number of rotatable bonds is 9. The second kappa shape index (κ2) is 11.6. The molecular weight excluding hydrogens is 490 g/mol. The molecule has 4 rings (SSSR count). The molecule has 3 aromatic rings. The van der Waals surface area contributed by atoms with E-state index in [1.807, 2.05) is 36.4 Å². The molecule has 0 spiro atoms. The lowest BCUT2D eigenvalue weighted by molar-refractivity contribution is -0.133. The van der Waals surface area contributed by atoms with Gasteiger partial charge in [-0.05, 0) is 47.7 Å². The molecule has 1 unspecified atom stereocenters. The first kappa shape index (κ1) is 26.4. The van der Waals surface area contributed by atoms with Gasteiger partial charge in [0.25, 0.3) is 0 Å². The van der Waals surface area contributed by atoms with Crippen LogP contribution in [0.2, 0.25) is 0 Å². The fraction of sp³-hybridized carbons (Fsp3) is 0.286. The molecule has 1 aliphatic rings. The number of carbonyl (C=O) groups is 2. The van der Waals surface area contributed by atoms with E-state index < -0.39 is 10.0 Å². The predicted molar refractivity (Wildman–Crippen MR) is 141 cm³/mol. The van der Waals surface area contributed by atoms with Crippen molar-refractivity contribution in [2.24, 2.45) is 17.0 Å². The highest BCUT2D eigenvalue weighted by molar-refractivity contribution is 7.89. The minimum atomic E-state index is -3.85. The molecule has 0 saturated heterocycles. The maximum Gasteiger partial charge on any atom is 0.238 e. The molecule has 0 bridgehead atoms. The zero-order chi connectivity index (χ0) is 26.4. The third-order valence-electron chi connectivity index (χ3n) is 6.74. The van der Waals surface area contributed by atoms with Gasteiger partial charge in [0.05, 0.1) is 12.0 Å². The van der Waals surface area contributed by atoms with Crippen molar-refractivity contribution in [3.05, 3.63) is 83.9 Å². The number of sulfonamides is 1. The summed E-state index contributed by atoms with van der Waals surface area (Å²) >= 11 is 0. The minimum absolute atomic E-state index is 0.0635. The first-order valence-electron chi connectivity index (χ1n) is 12.2. The summed E-state index contributed by atoms with van der Waals surface area (Å²) in [5.74, 6) is -0.199. The van der Waals surface area contributed by atoms with Crippen molar-refractivity contribution >= 4 is 21.8 Å². The highest BCUT2D eigenvalue weighted by Gasteiger charge is 2.37. The van der Waals surface area contributed by atoms with Gasteiger partial charge in [-0.1, -0.05) is 61.0 Å². The van der Waals surface area contributed by atoms with E-state index in [1.165, 1.54) is 6.07 Å². The SMILES string of the molecule is COc1ccc(CNC(=O)[C@@H]2CCCC2C(=O)NCc2ccc(-c3ccccc3S(N)(=O)=O)cc2)cc1. The van der Waals surface area contributed by atoms with Crippen molar-refractivity contribution in [3.8, 4) is 16.9 Å². The summed E-state index contributed by atoms with van der Waals surface area (Å²) in [6.45, 7) is 0.710. The molecule has 1 saturated carbocycles. The molecule has 2 amide bonds. The zero-order valence-corrected chi connectivity index (χ0v) is 21.5. The smallest absolute Gasteiger partial charge is 0.238 e. The largest absolute Gasteiger partial charge is 0.497 e. The van der Waals surface area contributed by atoms with Gasteiger partial charge in [-0.25, -0.2) is 13.6 Å². The lowest BCUT2D eigenvalue weighted by Crippen LogP contribution is -2.39. The highest BCUT2D eigenvalue weighted by Crippen LogP contribution is 2.32. The standard InChI is InChI=1S/C28H31N3O5S/c1-36-22-15-11-20(12-16-22)18-31-28(33)25-7-4-6-24(25)27(32)30-17-19-9-13-21(14-10-19)23-5-2-3-8-26(23)37(29,34)35/h2-3,5,8-16,24-25H,4,6-7,17-18H2,1H3,(H,30,32)(H,31,33)(H2,29,34,35)/t24?,25-/m1/s1. The Morgan fingerprint density at radius 3 is 1.86 bits per heavy atom. The molecule has 0 aromatic heterocycles. The monoisotopic (exact) mass is 521 g/mol. The summed E-state index contributed by atoms with van der Waals surface area (Å²) < 4.78 is 29.0. The first-order chi connectivity index (χ1) is 17.8. The van der Waals surface area contributed by atoms with Crippen molar-refractivity contribution in [1.82, 2.24) is 10.6 Å². The van der Waals surface area contributed by atoms with Crippen LogP contribution in [0.4, 0.5) is 0 Å². The van der Waals surface area contributed by atoms with Gasteiger partial charge in [0, 0.05) is 30.5 Å². The number of nitrogens with two attached hydrogens (primary N) is 1. The van der Waals surface area contributed by atoms with E-state index in [0.717, 1.165) is 23.3 Å². The Balaban J connectivity index is 1.33. The van der Waals surface area contributed by atoms with Gasteiger partial charge in [0.15, 0.2) is 0 Å². The second-order valence-electron chi connectivity index (χ2n) is 9.17. The van der Waals surface area contributed by atoms with Crippen LogP contribution in [0.3, 0.4) is 0 Å². The third-order valence-corrected chi connectivity index (χ3v) is 7.71. The summed E-state index contributed by atoms with van der Waals surface area (Å²) in [6, 6.07) is 21.3. The van der Waals surface area contributed by atoms with Gasteiger partial charge in [-0.15, -0.1) is 0 Å². The van der Waals surface area contributed by atoms with Crippen LogP contribution >= 0.6 is 0 Å². The molecule has 2 atom stereocenters. The molecule has 0 heterocycles. The predicted octanol–water partition coefficient (Wildman–Crippen LogP) is 3.36. The molecule has 37 heavy (non-hydrogen) atoms. The maximum atomic E-state index is 12.9. The Bertz CT molecular complexity index is 1360. The van der Waals surface area contributed by atoms with Crippen molar-refractivity contribution in [3.63, 3.8) is 0 Å². The van der Waals surface area contributed by atoms with Gasteiger partial charge < -0.3 is 15.4 Å². The average Bonchev–Trinajstić information content (AvgIpc) is 3.41. The van der Waals surface area contributed by atoms with Crippen molar-refractivity contribution in [2.75, 3.05) is 7.11 Å². The molecule has 194 valence electrons. The molecule has 1 fully saturated rings. The number of benzene rings is 3. The fourth-order valence-corrected chi connectivity index (χ4v) is 5.49. The molecule has 3 aromatic carbocycles. The van der Waals surface area contributed by atoms with Crippen LogP contribution in [-0.2, 0) is 32.7 Å². The van der Waals surface area contributed by atoms with Crippen LogP contribution in [0.5, 0.6) is 5.75 Å². The Labute approximate surface area is 217 Å². The van der Waals surface area contributed by atoms with E-state index >= 15 is 0 Å². The normalized spacial score (nSPS) is 17.2. The third kappa shape index (κ3) is 6.55. The van der Waals surface area contributed by atoms with Crippen LogP contribution in [0.1, 0.15) is 30.4 Å². The summed E-state index contributed by atoms with van der Waals surface area (Å²) in [4.78, 5) is 25.8. The lowest BCUT2D eigenvalue weighted by Gasteiger charge is -2.19. The number of hydrogen-bond donors (Lipinski definition) is 3. The molecular formula is C28H31N3O5S. The summed E-state index contributed by atoms with van der Waals surface area (Å²) in [7, 11) is -2.25. The van der Waals surface area contributed by atoms with E-state index in [9.17, 15) is 18.0 Å². The number of primary sulfonamides is 1.